The van der Waals surface area contributed by atoms with E-state index in [1.54, 1.807) is 0 Å². The number of hydrogen-bond acceptors (Lipinski definition) is 3. The standard InChI is InChI=1S/C7H19NO2Si/c1-4-9-7(10-5-2)11(8)6-3/h7,11H,4-6,8H2,1-3H3. The molecule has 0 rings (SSSR count). The average molecular weight is 177 g/mol. The van der Waals surface area contributed by atoms with Crippen molar-refractivity contribution >= 4 is 8.96 Å². The van der Waals surface area contributed by atoms with Gasteiger partial charge in [0.1, 0.15) is 0 Å². The van der Waals surface area contributed by atoms with E-state index in [-0.39, 0.29) is 5.91 Å². The minimum absolute atomic E-state index is 0.0880. The Morgan fingerprint density at radius 3 is 1.91 bits per heavy atom. The van der Waals surface area contributed by atoms with Crippen molar-refractivity contribution in [2.75, 3.05) is 13.2 Å². The molecule has 11 heavy (non-hydrogen) atoms. The lowest BCUT2D eigenvalue weighted by atomic mass is 10.8. The van der Waals surface area contributed by atoms with Crippen molar-refractivity contribution < 1.29 is 9.47 Å². The van der Waals surface area contributed by atoms with Crippen LogP contribution in [0.25, 0.3) is 0 Å². The maximum Gasteiger partial charge on any atom is 0.172 e. The van der Waals surface area contributed by atoms with E-state index < -0.39 is 8.96 Å². The molecule has 2 N–H and O–H groups in total. The molecule has 0 heterocycles. The van der Waals surface area contributed by atoms with E-state index >= 15 is 0 Å². The lowest BCUT2D eigenvalue weighted by molar-refractivity contribution is -0.0857. The molecule has 0 aliphatic heterocycles. The van der Waals surface area contributed by atoms with Gasteiger partial charge in [-0.2, -0.15) is 0 Å². The van der Waals surface area contributed by atoms with Crippen molar-refractivity contribution in [2.24, 2.45) is 5.40 Å². The molecule has 0 aromatic heterocycles. The summed E-state index contributed by atoms with van der Waals surface area (Å²) in [6, 6.07) is 1.02. The maximum absolute atomic E-state index is 5.88. The molecule has 68 valence electrons. The Bertz CT molecular complexity index is 86.5. The first-order valence-electron chi connectivity index (χ1n) is 4.24. The largest absolute Gasteiger partial charge is 0.355 e. The fourth-order valence-corrected chi connectivity index (χ4v) is 2.08. The Kier molecular flexibility index (Phi) is 6.85. The lowest BCUT2D eigenvalue weighted by Crippen LogP contribution is -2.43. The molecule has 1 unspecified atom stereocenters. The van der Waals surface area contributed by atoms with Gasteiger partial charge < -0.3 is 14.9 Å². The van der Waals surface area contributed by atoms with Crippen LogP contribution >= 0.6 is 0 Å². The summed E-state index contributed by atoms with van der Waals surface area (Å²) >= 11 is 0. The van der Waals surface area contributed by atoms with Gasteiger partial charge in [-0.05, 0) is 19.9 Å². The molecule has 0 bridgehead atoms. The molecule has 1 atom stereocenters. The fourth-order valence-electron chi connectivity index (χ4n) is 0.816. The predicted octanol–water partition coefficient (Wildman–Crippen LogP) is 0.627. The van der Waals surface area contributed by atoms with Gasteiger partial charge in [-0.25, -0.2) is 0 Å². The number of rotatable bonds is 6. The molecule has 0 aromatic rings. The van der Waals surface area contributed by atoms with Gasteiger partial charge in [-0.15, -0.1) is 0 Å². The third-order valence-electron chi connectivity index (χ3n) is 1.48. The van der Waals surface area contributed by atoms with Crippen molar-refractivity contribution in [3.05, 3.63) is 0 Å². The lowest BCUT2D eigenvalue weighted by Gasteiger charge is -2.20. The van der Waals surface area contributed by atoms with Crippen LogP contribution in [0.4, 0.5) is 0 Å². The van der Waals surface area contributed by atoms with Gasteiger partial charge in [0.15, 0.2) is 14.9 Å². The van der Waals surface area contributed by atoms with E-state index in [1.807, 2.05) is 13.8 Å². The van der Waals surface area contributed by atoms with E-state index in [0.29, 0.717) is 13.2 Å². The van der Waals surface area contributed by atoms with E-state index in [9.17, 15) is 0 Å². The van der Waals surface area contributed by atoms with Crippen LogP contribution in [0.15, 0.2) is 0 Å². The van der Waals surface area contributed by atoms with Crippen LogP contribution in [0.3, 0.4) is 0 Å². The van der Waals surface area contributed by atoms with Crippen LogP contribution in [0.2, 0.25) is 6.04 Å². The summed E-state index contributed by atoms with van der Waals surface area (Å²) in [7, 11) is -1.28. The zero-order chi connectivity index (χ0) is 8.69. The maximum atomic E-state index is 5.88. The highest BCUT2D eigenvalue weighted by Gasteiger charge is 2.17. The molecule has 4 heteroatoms. The van der Waals surface area contributed by atoms with Crippen molar-refractivity contribution in [1.29, 1.82) is 0 Å². The molecule has 0 aromatic carbocycles. The number of ether oxygens (including phenoxy) is 2. The van der Waals surface area contributed by atoms with Crippen LogP contribution in [0.1, 0.15) is 20.8 Å². The Morgan fingerprint density at radius 2 is 1.64 bits per heavy atom. The average Bonchev–Trinajstić information content (AvgIpc) is 2.03. The summed E-state index contributed by atoms with van der Waals surface area (Å²) in [6.45, 7) is 7.38. The Labute approximate surface area is 70.6 Å². The summed E-state index contributed by atoms with van der Waals surface area (Å²) in [4.78, 5) is 0. The second-order valence-electron chi connectivity index (χ2n) is 2.35. The van der Waals surface area contributed by atoms with E-state index in [2.05, 4.69) is 6.92 Å². The quantitative estimate of drug-likeness (QED) is 0.478. The van der Waals surface area contributed by atoms with Crippen LogP contribution < -0.4 is 5.40 Å². The molecule has 0 aliphatic carbocycles. The molecule has 3 nitrogen and oxygen atoms in total. The van der Waals surface area contributed by atoms with Crippen molar-refractivity contribution in [3.8, 4) is 0 Å². The molecule has 0 radical (unpaired) electrons. The van der Waals surface area contributed by atoms with Gasteiger partial charge >= 0.3 is 0 Å². The summed E-state index contributed by atoms with van der Waals surface area (Å²) < 4.78 is 10.7. The number of hydrogen-bond donors (Lipinski definition) is 1. The molecule has 0 fully saturated rings. The van der Waals surface area contributed by atoms with Crippen LogP contribution in [0, 0.1) is 0 Å². The third-order valence-corrected chi connectivity index (χ3v) is 3.51. The van der Waals surface area contributed by atoms with Crippen molar-refractivity contribution in [3.63, 3.8) is 0 Å². The molecule has 0 saturated carbocycles. The zero-order valence-corrected chi connectivity index (χ0v) is 8.82. The van der Waals surface area contributed by atoms with E-state index in [0.717, 1.165) is 6.04 Å². The summed E-state index contributed by atoms with van der Waals surface area (Å²) in [6.07, 6.45) is 0. The first kappa shape index (κ1) is 11.1. The van der Waals surface area contributed by atoms with Gasteiger partial charge in [0.05, 0.1) is 0 Å². The summed E-state index contributed by atoms with van der Waals surface area (Å²) in [5.74, 6) is -0.0880. The fraction of sp³-hybridized carbons (Fsp3) is 1.00. The molecule has 0 amide bonds. The van der Waals surface area contributed by atoms with E-state index in [4.69, 9.17) is 14.9 Å². The highest BCUT2D eigenvalue weighted by atomic mass is 28.3. The van der Waals surface area contributed by atoms with Crippen LogP contribution in [-0.2, 0) is 9.47 Å². The zero-order valence-electron chi connectivity index (χ0n) is 7.67. The minimum Gasteiger partial charge on any atom is -0.355 e. The van der Waals surface area contributed by atoms with E-state index in [1.165, 1.54) is 0 Å². The molecule has 0 saturated heterocycles. The molecule has 0 spiro atoms. The highest BCUT2D eigenvalue weighted by molar-refractivity contribution is 6.56. The highest BCUT2D eigenvalue weighted by Crippen LogP contribution is 1.99. The second-order valence-corrected chi connectivity index (χ2v) is 5.04. The first-order valence-corrected chi connectivity index (χ1v) is 6.39. The Balaban J connectivity index is 3.66. The van der Waals surface area contributed by atoms with Gasteiger partial charge in [-0.3, -0.25) is 0 Å². The first-order chi connectivity index (χ1) is 5.26. The topological polar surface area (TPSA) is 44.5 Å². The van der Waals surface area contributed by atoms with Crippen molar-refractivity contribution in [1.82, 2.24) is 0 Å². The molecule has 0 aliphatic rings. The SMILES string of the molecule is CCOC(OCC)[SiH](N)CC. The molecular formula is C7H19NO2Si. The smallest absolute Gasteiger partial charge is 0.172 e. The predicted molar refractivity (Wildman–Crippen MR) is 48.9 cm³/mol. The van der Waals surface area contributed by atoms with Gasteiger partial charge in [0.2, 0.25) is 0 Å². The second kappa shape index (κ2) is 6.79. The van der Waals surface area contributed by atoms with Crippen molar-refractivity contribution in [2.45, 2.75) is 32.7 Å². The summed E-state index contributed by atoms with van der Waals surface area (Å²) in [5.41, 5.74) is 0. The van der Waals surface area contributed by atoms with Crippen LogP contribution in [0.5, 0.6) is 0 Å². The molecular weight excluding hydrogens is 158 g/mol. The third kappa shape index (κ3) is 4.52. The summed E-state index contributed by atoms with van der Waals surface area (Å²) in [5, 5.41) is 5.88. The minimum atomic E-state index is -1.28. The van der Waals surface area contributed by atoms with Crippen LogP contribution in [-0.4, -0.2) is 28.1 Å². The Hall–Kier alpha value is 0.0969. The normalized spacial score (nSPS) is 13.9. The van der Waals surface area contributed by atoms with Gasteiger partial charge in [0.25, 0.3) is 0 Å². The number of nitrogens with two attached hydrogens (primary N) is 1. The van der Waals surface area contributed by atoms with Gasteiger partial charge in [-0.1, -0.05) is 6.92 Å². The van der Waals surface area contributed by atoms with Gasteiger partial charge in [0, 0.05) is 13.2 Å². The Morgan fingerprint density at radius 1 is 1.18 bits per heavy atom. The monoisotopic (exact) mass is 177 g/mol.